The third-order valence-corrected chi connectivity index (χ3v) is 13.7. The number of para-hydroxylation sites is 3. The Morgan fingerprint density at radius 2 is 0.708 bits per heavy atom. The minimum Gasteiger partial charge on any atom is -0.454 e. The van der Waals surface area contributed by atoms with Crippen LogP contribution in [-0.2, 0) is 0 Å². The molecule has 11 aromatic carbocycles. The smallest absolute Gasteiger partial charge is 0.159 e. The lowest BCUT2D eigenvalue weighted by atomic mass is 9.96. The zero-order valence-electron chi connectivity index (χ0n) is 35.2. The van der Waals surface area contributed by atoms with Gasteiger partial charge in [-0.15, -0.1) is 0 Å². The first-order valence-electron chi connectivity index (χ1n) is 22.3. The predicted octanol–water partition coefficient (Wildman–Crippen LogP) is 17.1. The van der Waals surface area contributed by atoms with Crippen LogP contribution >= 0.6 is 0 Å². The highest BCUT2D eigenvalue weighted by Crippen LogP contribution is 2.43. The van der Waals surface area contributed by atoms with E-state index in [9.17, 15) is 0 Å². The van der Waals surface area contributed by atoms with Crippen LogP contribution in [0.4, 0.5) is 0 Å². The van der Waals surface area contributed by atoms with E-state index in [2.05, 4.69) is 234 Å². The maximum Gasteiger partial charge on any atom is 0.159 e. The average molecular weight is 827 g/mol. The highest BCUT2D eigenvalue weighted by molar-refractivity contribution is 6.16. The Balaban J connectivity index is 1.01. The average Bonchev–Trinajstić information content (AvgIpc) is 4.03. The van der Waals surface area contributed by atoms with Gasteiger partial charge in [0.1, 0.15) is 5.58 Å². The summed E-state index contributed by atoms with van der Waals surface area (Å²) in [5, 5.41) is 12.1. The summed E-state index contributed by atoms with van der Waals surface area (Å²) in [6.07, 6.45) is 0. The van der Waals surface area contributed by atoms with Gasteiger partial charge in [-0.3, -0.25) is 0 Å². The number of fused-ring (bicyclic) bond motifs is 11. The summed E-state index contributed by atoms with van der Waals surface area (Å²) in [4.78, 5) is 0. The Bertz CT molecular complexity index is 4230. The van der Waals surface area contributed by atoms with Crippen molar-refractivity contribution in [1.29, 1.82) is 0 Å². The lowest BCUT2D eigenvalue weighted by Gasteiger charge is -2.10. The van der Waals surface area contributed by atoms with Gasteiger partial charge in [0.2, 0.25) is 0 Å². The fraction of sp³-hybridized carbons (Fsp3) is 0. The Hall–Kier alpha value is -8.66. The van der Waals surface area contributed by atoms with E-state index in [4.69, 9.17) is 4.42 Å². The van der Waals surface area contributed by atoms with Gasteiger partial charge in [0.25, 0.3) is 0 Å². The van der Waals surface area contributed by atoms with Crippen molar-refractivity contribution in [1.82, 2.24) is 9.13 Å². The Kier molecular flexibility index (Phi) is 7.69. The second-order valence-corrected chi connectivity index (χ2v) is 17.2. The maximum atomic E-state index is 6.68. The van der Waals surface area contributed by atoms with E-state index in [1.54, 1.807) is 0 Å². The van der Waals surface area contributed by atoms with Gasteiger partial charge in [0.05, 0.1) is 27.8 Å². The van der Waals surface area contributed by atoms with Crippen LogP contribution < -0.4 is 0 Å². The topological polar surface area (TPSA) is 23.0 Å². The van der Waals surface area contributed by atoms with Crippen molar-refractivity contribution < 1.29 is 4.42 Å². The monoisotopic (exact) mass is 826 g/mol. The summed E-state index contributed by atoms with van der Waals surface area (Å²) in [5.41, 5.74) is 15.8. The summed E-state index contributed by atoms with van der Waals surface area (Å²) >= 11 is 0. The minimum atomic E-state index is 0.887. The Morgan fingerprint density at radius 1 is 0.277 bits per heavy atom. The van der Waals surface area contributed by atoms with Gasteiger partial charge < -0.3 is 13.6 Å². The van der Waals surface area contributed by atoms with E-state index in [1.807, 2.05) is 6.07 Å². The van der Waals surface area contributed by atoms with Crippen LogP contribution in [-0.4, -0.2) is 9.13 Å². The molecule has 0 radical (unpaired) electrons. The molecule has 0 unspecified atom stereocenters. The zero-order valence-corrected chi connectivity index (χ0v) is 35.2. The molecule has 0 atom stereocenters. The lowest BCUT2D eigenvalue weighted by Crippen LogP contribution is -1.94. The summed E-state index contributed by atoms with van der Waals surface area (Å²) < 4.78 is 11.5. The fourth-order valence-electron chi connectivity index (χ4n) is 10.7. The van der Waals surface area contributed by atoms with Gasteiger partial charge in [-0.1, -0.05) is 158 Å². The highest BCUT2D eigenvalue weighted by Gasteiger charge is 2.21. The molecule has 0 spiro atoms. The normalized spacial score (nSPS) is 12.0. The number of aromatic nitrogens is 2. The molecule has 0 fully saturated rings. The van der Waals surface area contributed by atoms with Gasteiger partial charge in [0.15, 0.2) is 5.58 Å². The van der Waals surface area contributed by atoms with Gasteiger partial charge in [-0.05, 0) is 128 Å². The van der Waals surface area contributed by atoms with E-state index < -0.39 is 0 Å². The van der Waals surface area contributed by atoms with Crippen molar-refractivity contribution in [2.45, 2.75) is 0 Å². The maximum absolute atomic E-state index is 6.68. The summed E-state index contributed by atoms with van der Waals surface area (Å²) in [6, 6.07) is 84.1. The molecule has 302 valence electrons. The summed E-state index contributed by atoms with van der Waals surface area (Å²) in [7, 11) is 0. The van der Waals surface area contributed by atoms with Crippen molar-refractivity contribution in [3.8, 4) is 44.8 Å². The highest BCUT2D eigenvalue weighted by atomic mass is 16.3. The second kappa shape index (κ2) is 13.9. The van der Waals surface area contributed by atoms with Gasteiger partial charge in [-0.25, -0.2) is 0 Å². The van der Waals surface area contributed by atoms with Crippen molar-refractivity contribution in [2.75, 3.05) is 0 Å². The number of hydrogen-bond donors (Lipinski definition) is 0. The molecule has 0 saturated heterocycles. The number of rotatable bonds is 5. The fourth-order valence-corrected chi connectivity index (χ4v) is 10.7. The molecule has 14 rings (SSSR count). The van der Waals surface area contributed by atoms with Crippen molar-refractivity contribution in [2.24, 2.45) is 0 Å². The van der Waals surface area contributed by atoms with Crippen molar-refractivity contribution in [3.63, 3.8) is 0 Å². The first-order chi connectivity index (χ1) is 32.2. The van der Waals surface area contributed by atoms with E-state index in [-0.39, 0.29) is 0 Å². The Morgan fingerprint density at radius 3 is 1.29 bits per heavy atom. The molecule has 65 heavy (non-hydrogen) atoms. The van der Waals surface area contributed by atoms with Crippen LogP contribution in [0.3, 0.4) is 0 Å². The van der Waals surface area contributed by atoms with Crippen LogP contribution in [0.25, 0.3) is 132 Å². The summed E-state index contributed by atoms with van der Waals surface area (Å²) in [6.45, 7) is 0. The van der Waals surface area contributed by atoms with Crippen LogP contribution in [0, 0.1) is 0 Å². The van der Waals surface area contributed by atoms with Crippen LogP contribution in [0.15, 0.2) is 235 Å². The molecule has 0 aliphatic heterocycles. The number of hydrogen-bond acceptors (Lipinski definition) is 1. The van der Waals surface area contributed by atoms with Crippen molar-refractivity contribution in [3.05, 3.63) is 231 Å². The SMILES string of the molecule is c1ccc(-n2c3ccc(-c4ccc5c(c4)c4cc(-c6cccc7ccccc67)ccc4n5-c4cccc5c4oc4ccccc45)cc3c3cc(-c4cccc5ccccc45)ccc32)cc1. The molecule has 3 heterocycles. The quantitative estimate of drug-likeness (QED) is 0.169. The second-order valence-electron chi connectivity index (χ2n) is 17.2. The molecule has 0 aliphatic rings. The largest absolute Gasteiger partial charge is 0.454 e. The molecule has 0 N–H and O–H groups in total. The molecule has 3 aromatic heterocycles. The van der Waals surface area contributed by atoms with E-state index >= 15 is 0 Å². The molecule has 3 heteroatoms. The van der Waals surface area contributed by atoms with Crippen LogP contribution in [0.1, 0.15) is 0 Å². The molecule has 3 nitrogen and oxygen atoms in total. The third-order valence-electron chi connectivity index (χ3n) is 13.7. The predicted molar refractivity (Wildman–Crippen MR) is 274 cm³/mol. The molecule has 0 aliphatic carbocycles. The molecule has 0 saturated carbocycles. The number of nitrogens with zero attached hydrogens (tertiary/aromatic N) is 2. The molecular formula is C62H38N2O. The standard InChI is InChI=1S/C62H38N2O/c1-2-17-45(18-3-1)63-56-31-27-41(35-52(56)54-37-43(29-33-57(54)63)48-22-10-15-39-13-4-6-19-46(39)48)42-28-32-58-53(36-42)55-38-44(49-23-11-16-40-14-5-7-20-47(40)49)30-34-59(55)64(58)60-25-12-24-51-50-21-8-9-26-61(50)65-62(51)60/h1-38H. The number of furan rings is 1. The van der Waals surface area contributed by atoms with E-state index in [1.165, 1.54) is 87.5 Å². The first kappa shape index (κ1) is 35.9. The summed E-state index contributed by atoms with van der Waals surface area (Å²) in [5.74, 6) is 0. The Labute approximate surface area is 374 Å². The van der Waals surface area contributed by atoms with Crippen LogP contribution in [0.5, 0.6) is 0 Å². The molecule has 0 amide bonds. The molecule has 0 bridgehead atoms. The van der Waals surface area contributed by atoms with Crippen molar-refractivity contribution >= 4 is 87.1 Å². The minimum absolute atomic E-state index is 0.887. The number of benzene rings is 11. The zero-order chi connectivity index (χ0) is 42.6. The van der Waals surface area contributed by atoms with Crippen LogP contribution in [0.2, 0.25) is 0 Å². The van der Waals surface area contributed by atoms with E-state index in [0.29, 0.717) is 0 Å². The lowest BCUT2D eigenvalue weighted by molar-refractivity contribution is 0.666. The van der Waals surface area contributed by atoms with Gasteiger partial charge in [0, 0.05) is 38.0 Å². The molecular weight excluding hydrogens is 789 g/mol. The molecule has 14 aromatic rings. The van der Waals surface area contributed by atoms with E-state index in [0.717, 1.165) is 44.3 Å². The first-order valence-corrected chi connectivity index (χ1v) is 22.3. The van der Waals surface area contributed by atoms with Gasteiger partial charge in [-0.2, -0.15) is 0 Å². The third kappa shape index (κ3) is 5.43. The van der Waals surface area contributed by atoms with Gasteiger partial charge >= 0.3 is 0 Å².